The van der Waals surface area contributed by atoms with Gasteiger partial charge in [0, 0.05) is 22.5 Å². The van der Waals surface area contributed by atoms with Gasteiger partial charge in [-0.1, -0.05) is 31.2 Å². The van der Waals surface area contributed by atoms with E-state index in [0.29, 0.717) is 6.04 Å². The van der Waals surface area contributed by atoms with Crippen LogP contribution in [0.2, 0.25) is 0 Å². The second-order valence-electron chi connectivity index (χ2n) is 4.57. The average Bonchev–Trinajstić information content (AvgIpc) is 2.46. The Kier molecular flexibility index (Phi) is 6.07. The summed E-state index contributed by atoms with van der Waals surface area (Å²) >= 11 is 5.33. The molecule has 2 nitrogen and oxygen atoms in total. The monoisotopic (exact) mass is 350 g/mol. The fraction of sp³-hybridized carbons (Fsp3) is 0.312. The van der Waals surface area contributed by atoms with Crippen LogP contribution in [-0.2, 0) is 0 Å². The van der Waals surface area contributed by atoms with Crippen LogP contribution in [0, 0.1) is 6.92 Å². The number of rotatable bonds is 6. The molecule has 0 spiro atoms. The number of pyridine rings is 1. The van der Waals surface area contributed by atoms with E-state index in [4.69, 9.17) is 0 Å². The Balaban J connectivity index is 2.11. The van der Waals surface area contributed by atoms with Crippen LogP contribution in [0.3, 0.4) is 0 Å². The fourth-order valence-corrected chi connectivity index (χ4v) is 3.68. The molecule has 1 aromatic heterocycles. The van der Waals surface area contributed by atoms with Gasteiger partial charge in [-0.25, -0.2) is 4.98 Å². The molecule has 1 N–H and O–H groups in total. The van der Waals surface area contributed by atoms with Gasteiger partial charge in [-0.2, -0.15) is 0 Å². The number of aromatic nitrogens is 1. The first-order valence-electron chi connectivity index (χ1n) is 6.74. The van der Waals surface area contributed by atoms with E-state index in [1.807, 2.05) is 18.3 Å². The number of hydrogen-bond donors (Lipinski definition) is 1. The number of thioether (sulfide) groups is 1. The van der Waals surface area contributed by atoms with E-state index in [1.165, 1.54) is 11.1 Å². The number of benzene rings is 1. The van der Waals surface area contributed by atoms with Gasteiger partial charge in [0.25, 0.3) is 0 Å². The van der Waals surface area contributed by atoms with Gasteiger partial charge >= 0.3 is 0 Å². The van der Waals surface area contributed by atoms with Gasteiger partial charge in [0.05, 0.1) is 0 Å². The molecule has 20 heavy (non-hydrogen) atoms. The maximum absolute atomic E-state index is 4.41. The van der Waals surface area contributed by atoms with Crippen molar-refractivity contribution in [2.45, 2.75) is 24.9 Å². The maximum atomic E-state index is 4.41. The van der Waals surface area contributed by atoms with Crippen molar-refractivity contribution in [1.82, 2.24) is 10.3 Å². The molecule has 1 aromatic carbocycles. The largest absolute Gasteiger partial charge is 0.309 e. The lowest BCUT2D eigenvalue weighted by Gasteiger charge is -2.20. The maximum Gasteiger partial charge on any atom is 0.110 e. The summed E-state index contributed by atoms with van der Waals surface area (Å²) in [5.41, 5.74) is 2.70. The van der Waals surface area contributed by atoms with Crippen LogP contribution in [0.1, 0.15) is 24.1 Å². The first-order valence-corrected chi connectivity index (χ1v) is 8.52. The normalized spacial score (nSPS) is 12.3. The van der Waals surface area contributed by atoms with E-state index in [0.717, 1.165) is 21.8 Å². The Morgan fingerprint density at radius 2 is 2.05 bits per heavy atom. The summed E-state index contributed by atoms with van der Waals surface area (Å²) < 4.78 is 1.06. The van der Waals surface area contributed by atoms with Crippen LogP contribution in [0.4, 0.5) is 0 Å². The lowest BCUT2D eigenvalue weighted by atomic mass is 10.0. The molecular formula is C16H19BrN2S. The van der Waals surface area contributed by atoms with Crippen LogP contribution < -0.4 is 5.32 Å². The van der Waals surface area contributed by atoms with E-state index < -0.39 is 0 Å². The minimum atomic E-state index is 0.347. The summed E-state index contributed by atoms with van der Waals surface area (Å²) in [6, 6.07) is 12.9. The quantitative estimate of drug-likeness (QED) is 0.770. The summed E-state index contributed by atoms with van der Waals surface area (Å²) in [7, 11) is 0. The first-order chi connectivity index (χ1) is 9.72. The molecule has 0 amide bonds. The SMILES string of the molecule is CCNC(CSc1ncccc1Br)c1ccccc1C. The zero-order chi connectivity index (χ0) is 14.4. The van der Waals surface area contributed by atoms with Crippen molar-refractivity contribution in [2.75, 3.05) is 12.3 Å². The predicted molar refractivity (Wildman–Crippen MR) is 90.3 cm³/mol. The molecule has 0 fully saturated rings. The lowest BCUT2D eigenvalue weighted by Crippen LogP contribution is -2.23. The van der Waals surface area contributed by atoms with E-state index in [9.17, 15) is 0 Å². The number of aryl methyl sites for hydroxylation is 1. The molecule has 1 heterocycles. The van der Waals surface area contributed by atoms with Crippen LogP contribution in [0.25, 0.3) is 0 Å². The van der Waals surface area contributed by atoms with E-state index in [1.54, 1.807) is 11.8 Å². The molecule has 0 saturated carbocycles. The van der Waals surface area contributed by atoms with Crippen molar-refractivity contribution >= 4 is 27.7 Å². The zero-order valence-electron chi connectivity index (χ0n) is 11.8. The summed E-state index contributed by atoms with van der Waals surface area (Å²) in [6.07, 6.45) is 1.84. The van der Waals surface area contributed by atoms with Gasteiger partial charge in [-0.3, -0.25) is 0 Å². The van der Waals surface area contributed by atoms with Crippen LogP contribution >= 0.6 is 27.7 Å². The molecule has 106 valence electrons. The zero-order valence-corrected chi connectivity index (χ0v) is 14.2. The third-order valence-electron chi connectivity index (χ3n) is 3.13. The standard InChI is InChI=1S/C16H19BrN2S/c1-3-18-15(13-8-5-4-7-12(13)2)11-20-16-14(17)9-6-10-19-16/h4-10,15,18H,3,11H2,1-2H3. The molecule has 1 unspecified atom stereocenters. The number of nitrogens with one attached hydrogen (secondary N) is 1. The Hall–Kier alpha value is -0.840. The number of nitrogens with zero attached hydrogens (tertiary/aromatic N) is 1. The van der Waals surface area contributed by atoms with Gasteiger partial charge in [-0.15, -0.1) is 11.8 Å². The molecule has 2 rings (SSSR count). The highest BCUT2D eigenvalue weighted by Gasteiger charge is 2.13. The third kappa shape index (κ3) is 4.08. The van der Waals surface area contributed by atoms with E-state index in [2.05, 4.69) is 64.3 Å². The van der Waals surface area contributed by atoms with Crippen molar-refractivity contribution < 1.29 is 0 Å². The van der Waals surface area contributed by atoms with E-state index in [-0.39, 0.29) is 0 Å². The fourth-order valence-electron chi connectivity index (χ4n) is 2.12. The molecular weight excluding hydrogens is 332 g/mol. The smallest absolute Gasteiger partial charge is 0.110 e. The van der Waals surface area contributed by atoms with Gasteiger partial charge in [-0.05, 0) is 52.7 Å². The van der Waals surface area contributed by atoms with Crippen molar-refractivity contribution in [2.24, 2.45) is 0 Å². The van der Waals surface area contributed by atoms with Gasteiger partial charge in [0.2, 0.25) is 0 Å². The molecule has 0 aliphatic carbocycles. The third-order valence-corrected chi connectivity index (χ3v) is 5.13. The summed E-state index contributed by atoms with van der Waals surface area (Å²) in [4.78, 5) is 4.41. The van der Waals surface area contributed by atoms with Gasteiger partial charge in [0.15, 0.2) is 0 Å². The van der Waals surface area contributed by atoms with Gasteiger partial charge < -0.3 is 5.32 Å². The molecule has 4 heteroatoms. The number of hydrogen-bond acceptors (Lipinski definition) is 3. The van der Waals surface area contributed by atoms with E-state index >= 15 is 0 Å². The Morgan fingerprint density at radius 3 is 2.75 bits per heavy atom. The average molecular weight is 351 g/mol. The van der Waals surface area contributed by atoms with Gasteiger partial charge in [0.1, 0.15) is 5.03 Å². The Morgan fingerprint density at radius 1 is 1.25 bits per heavy atom. The summed E-state index contributed by atoms with van der Waals surface area (Å²) in [5.74, 6) is 0.967. The highest BCUT2D eigenvalue weighted by Crippen LogP contribution is 2.29. The van der Waals surface area contributed by atoms with Crippen molar-refractivity contribution in [3.8, 4) is 0 Å². The molecule has 2 aromatic rings. The van der Waals surface area contributed by atoms with Crippen LogP contribution in [0.15, 0.2) is 52.1 Å². The molecule has 0 radical (unpaired) electrons. The number of halogens is 1. The second-order valence-corrected chi connectivity index (χ2v) is 6.43. The summed E-state index contributed by atoms with van der Waals surface area (Å²) in [6.45, 7) is 5.27. The van der Waals surface area contributed by atoms with Crippen LogP contribution in [0.5, 0.6) is 0 Å². The predicted octanol–water partition coefficient (Wildman–Crippen LogP) is 4.60. The molecule has 0 aliphatic heterocycles. The Labute approximate surface area is 133 Å². The first kappa shape index (κ1) is 15.5. The van der Waals surface area contributed by atoms with Crippen LogP contribution in [-0.4, -0.2) is 17.3 Å². The summed E-state index contributed by atoms with van der Waals surface area (Å²) in [5, 5.41) is 4.61. The highest BCUT2D eigenvalue weighted by atomic mass is 79.9. The van der Waals surface area contributed by atoms with Crippen molar-refractivity contribution in [3.05, 3.63) is 58.2 Å². The molecule has 0 aliphatic rings. The molecule has 1 atom stereocenters. The van der Waals surface area contributed by atoms with Crippen molar-refractivity contribution in [3.63, 3.8) is 0 Å². The van der Waals surface area contributed by atoms with Crippen molar-refractivity contribution in [1.29, 1.82) is 0 Å². The Bertz CT molecular complexity index is 560. The molecule has 0 bridgehead atoms. The minimum Gasteiger partial charge on any atom is -0.309 e. The topological polar surface area (TPSA) is 24.9 Å². The second kappa shape index (κ2) is 7.81. The highest BCUT2D eigenvalue weighted by molar-refractivity contribution is 9.10. The minimum absolute atomic E-state index is 0.347. The molecule has 0 saturated heterocycles. The lowest BCUT2D eigenvalue weighted by molar-refractivity contribution is 0.603.